The van der Waals surface area contributed by atoms with Crippen LogP contribution in [-0.4, -0.2) is 52.5 Å². The van der Waals surface area contributed by atoms with Gasteiger partial charge in [-0.25, -0.2) is 8.37 Å². The zero-order chi connectivity index (χ0) is 23.8. The topological polar surface area (TPSA) is 68.2 Å². The van der Waals surface area contributed by atoms with Crippen molar-refractivity contribution in [2.24, 2.45) is 4.99 Å². The number of hydrogen-bond donors (Lipinski definition) is 0. The number of allylic oxidation sites excluding steroid dienone is 2. The summed E-state index contributed by atoms with van der Waals surface area (Å²) in [4.78, 5) is 6.61. The van der Waals surface area contributed by atoms with Crippen LogP contribution in [0.3, 0.4) is 0 Å². The first-order chi connectivity index (χ1) is 15.6. The summed E-state index contributed by atoms with van der Waals surface area (Å²) in [7, 11) is -3.68. The molecule has 0 N–H and O–H groups in total. The van der Waals surface area contributed by atoms with E-state index in [1.54, 1.807) is 13.8 Å². The van der Waals surface area contributed by atoms with Gasteiger partial charge in [0.2, 0.25) is 0 Å². The van der Waals surface area contributed by atoms with Crippen molar-refractivity contribution in [3.8, 4) is 0 Å². The van der Waals surface area contributed by atoms with Crippen LogP contribution in [0.4, 0.5) is 0 Å². The van der Waals surface area contributed by atoms with Gasteiger partial charge < -0.3 is 4.90 Å². The zero-order valence-electron chi connectivity index (χ0n) is 21.1. The standard InChI is InChI=1S/C21H40N2.C4H10O4S/c1-2-3-4-5-6-7-8-9-10-11-12-13-14-15-16-17-19-23-20-18-22-21-23;1-3-7-9(5,6)8-4-2/h9-10,21H,2-8,11-20H2,1H3;3-4H2,1-2H3. The minimum Gasteiger partial charge on any atom is -0.361 e. The molecule has 0 bridgehead atoms. The van der Waals surface area contributed by atoms with Gasteiger partial charge in [0.25, 0.3) is 0 Å². The molecule has 1 heterocycles. The second kappa shape index (κ2) is 23.2. The Morgan fingerprint density at radius 1 is 0.781 bits per heavy atom. The van der Waals surface area contributed by atoms with Crippen molar-refractivity contribution in [3.05, 3.63) is 12.2 Å². The molecule has 7 heteroatoms. The average molecular weight is 475 g/mol. The monoisotopic (exact) mass is 474 g/mol. The van der Waals surface area contributed by atoms with Crippen LogP contribution in [0.15, 0.2) is 17.1 Å². The molecule has 0 radical (unpaired) electrons. The lowest BCUT2D eigenvalue weighted by Crippen LogP contribution is -2.20. The van der Waals surface area contributed by atoms with E-state index in [-0.39, 0.29) is 13.2 Å². The van der Waals surface area contributed by atoms with E-state index in [2.05, 4.69) is 37.3 Å². The Hall–Kier alpha value is -0.920. The first kappa shape index (κ1) is 31.1. The van der Waals surface area contributed by atoms with Crippen LogP contribution >= 0.6 is 0 Å². The molecule has 0 atom stereocenters. The van der Waals surface area contributed by atoms with Crippen LogP contribution in [-0.2, 0) is 18.8 Å². The van der Waals surface area contributed by atoms with Crippen LogP contribution in [0, 0.1) is 0 Å². The summed E-state index contributed by atoms with van der Waals surface area (Å²) in [6.45, 7) is 9.03. The van der Waals surface area contributed by atoms with Crippen molar-refractivity contribution < 1.29 is 16.8 Å². The zero-order valence-corrected chi connectivity index (χ0v) is 21.9. The van der Waals surface area contributed by atoms with Gasteiger partial charge in [-0.05, 0) is 46.0 Å². The van der Waals surface area contributed by atoms with E-state index in [0.717, 1.165) is 13.1 Å². The maximum atomic E-state index is 10.4. The molecule has 0 spiro atoms. The molecule has 0 amide bonds. The Labute approximate surface area is 199 Å². The van der Waals surface area contributed by atoms with Crippen LogP contribution in [0.2, 0.25) is 0 Å². The Balaban J connectivity index is 0.000000900. The van der Waals surface area contributed by atoms with E-state index in [9.17, 15) is 8.42 Å². The fourth-order valence-corrected chi connectivity index (χ4v) is 4.12. The van der Waals surface area contributed by atoms with Crippen molar-refractivity contribution >= 4 is 16.7 Å². The quantitative estimate of drug-likeness (QED) is 0.145. The van der Waals surface area contributed by atoms with Gasteiger partial charge in [-0.15, -0.1) is 0 Å². The fourth-order valence-electron chi connectivity index (χ4n) is 3.47. The van der Waals surface area contributed by atoms with Crippen molar-refractivity contribution in [1.29, 1.82) is 0 Å². The first-order valence-electron chi connectivity index (χ1n) is 13.0. The largest absolute Gasteiger partial charge is 0.399 e. The number of aliphatic imine (C=N–C) groups is 1. The molecule has 0 unspecified atom stereocenters. The predicted octanol–water partition coefficient (Wildman–Crippen LogP) is 6.67. The Bertz CT molecular complexity index is 538. The van der Waals surface area contributed by atoms with Crippen LogP contribution in [0.1, 0.15) is 111 Å². The average Bonchev–Trinajstić information content (AvgIpc) is 3.27. The number of hydrogen-bond acceptors (Lipinski definition) is 6. The lowest BCUT2D eigenvalue weighted by atomic mass is 10.1. The lowest BCUT2D eigenvalue weighted by molar-refractivity contribution is 0.231. The summed E-state index contributed by atoms with van der Waals surface area (Å²) in [5.41, 5.74) is 0. The first-order valence-corrected chi connectivity index (χ1v) is 14.3. The Kier molecular flexibility index (Phi) is 22.6. The molecule has 1 aliphatic heterocycles. The minimum absolute atomic E-state index is 0.113. The van der Waals surface area contributed by atoms with E-state index in [0.29, 0.717) is 0 Å². The molecule has 0 saturated carbocycles. The molecule has 0 aliphatic carbocycles. The number of nitrogens with zero attached hydrogens (tertiary/aromatic N) is 2. The number of rotatable bonds is 20. The molecule has 0 fully saturated rings. The molecular weight excluding hydrogens is 424 g/mol. The van der Waals surface area contributed by atoms with Gasteiger partial charge >= 0.3 is 10.4 Å². The smallest absolute Gasteiger partial charge is 0.361 e. The van der Waals surface area contributed by atoms with Crippen molar-refractivity contribution in [2.75, 3.05) is 32.8 Å². The molecule has 0 aromatic heterocycles. The third kappa shape index (κ3) is 22.3. The lowest BCUT2D eigenvalue weighted by Gasteiger charge is -2.12. The van der Waals surface area contributed by atoms with E-state index in [4.69, 9.17) is 0 Å². The summed E-state index contributed by atoms with van der Waals surface area (Å²) < 4.78 is 29.2. The molecular formula is C25H50N2O4S. The maximum Gasteiger partial charge on any atom is 0.399 e. The fraction of sp³-hybridized carbons (Fsp3) is 0.880. The highest BCUT2D eigenvalue weighted by Crippen LogP contribution is 2.10. The van der Waals surface area contributed by atoms with Crippen LogP contribution < -0.4 is 0 Å². The summed E-state index contributed by atoms with van der Waals surface area (Å²) in [5.74, 6) is 0. The third-order valence-electron chi connectivity index (χ3n) is 5.24. The van der Waals surface area contributed by atoms with Gasteiger partial charge in [-0.2, -0.15) is 8.42 Å². The summed E-state index contributed by atoms with van der Waals surface area (Å²) in [5, 5.41) is 0. The SMILES string of the molecule is CCCCCCCCC=CCCCCCCCCN1C=NCC1.CCOS(=O)(=O)OCC. The van der Waals surface area contributed by atoms with Gasteiger partial charge in [-0.3, -0.25) is 4.99 Å². The van der Waals surface area contributed by atoms with E-state index in [1.807, 2.05) is 6.34 Å². The van der Waals surface area contributed by atoms with Crippen molar-refractivity contribution in [1.82, 2.24) is 4.90 Å². The van der Waals surface area contributed by atoms with E-state index >= 15 is 0 Å². The molecule has 0 aromatic rings. The highest BCUT2D eigenvalue weighted by atomic mass is 32.3. The Morgan fingerprint density at radius 3 is 1.75 bits per heavy atom. The summed E-state index contributed by atoms with van der Waals surface area (Å²) >= 11 is 0. The van der Waals surface area contributed by atoms with Gasteiger partial charge in [0.05, 0.1) is 26.1 Å². The molecule has 6 nitrogen and oxygen atoms in total. The van der Waals surface area contributed by atoms with Crippen molar-refractivity contribution in [3.63, 3.8) is 0 Å². The van der Waals surface area contributed by atoms with E-state index in [1.165, 1.54) is 96.4 Å². The van der Waals surface area contributed by atoms with Gasteiger partial charge in [0, 0.05) is 13.1 Å². The highest BCUT2D eigenvalue weighted by molar-refractivity contribution is 7.81. The molecule has 190 valence electrons. The van der Waals surface area contributed by atoms with Crippen molar-refractivity contribution in [2.45, 2.75) is 111 Å². The van der Waals surface area contributed by atoms with Gasteiger partial charge in [0.1, 0.15) is 0 Å². The van der Waals surface area contributed by atoms with Gasteiger partial charge in [0.15, 0.2) is 0 Å². The second-order valence-corrected chi connectivity index (χ2v) is 9.50. The predicted molar refractivity (Wildman–Crippen MR) is 137 cm³/mol. The molecule has 0 saturated heterocycles. The Morgan fingerprint density at radius 2 is 1.28 bits per heavy atom. The normalized spacial score (nSPS) is 13.7. The molecule has 0 aromatic carbocycles. The number of unbranched alkanes of at least 4 members (excludes halogenated alkanes) is 12. The minimum atomic E-state index is -3.68. The van der Waals surface area contributed by atoms with Crippen LogP contribution in [0.25, 0.3) is 0 Å². The highest BCUT2D eigenvalue weighted by Gasteiger charge is 2.07. The molecule has 32 heavy (non-hydrogen) atoms. The molecule has 1 rings (SSSR count). The van der Waals surface area contributed by atoms with Gasteiger partial charge in [-0.1, -0.05) is 76.9 Å². The third-order valence-corrected chi connectivity index (χ3v) is 6.29. The van der Waals surface area contributed by atoms with Crippen LogP contribution in [0.5, 0.6) is 0 Å². The summed E-state index contributed by atoms with van der Waals surface area (Å²) in [6, 6.07) is 0. The maximum absolute atomic E-state index is 10.4. The summed E-state index contributed by atoms with van der Waals surface area (Å²) in [6.07, 6.45) is 26.2. The second-order valence-electron chi connectivity index (χ2n) is 8.22. The van der Waals surface area contributed by atoms with E-state index < -0.39 is 10.4 Å². The molecule has 1 aliphatic rings.